The molecule has 0 radical (unpaired) electrons. The number of anilines is 2. The number of likely N-dealkylation sites (tertiary alicyclic amines) is 1. The van der Waals surface area contributed by atoms with Crippen LogP contribution in [0.5, 0.6) is 6.01 Å². The minimum Gasteiger partial charge on any atom is -0.462 e. The molecule has 11 heteroatoms. The molecule has 0 aliphatic carbocycles. The van der Waals surface area contributed by atoms with Gasteiger partial charge < -0.3 is 29.1 Å². The lowest BCUT2D eigenvalue weighted by Crippen LogP contribution is -2.57. The molecule has 238 valence electrons. The Morgan fingerprint density at radius 1 is 1.11 bits per heavy atom. The summed E-state index contributed by atoms with van der Waals surface area (Å²) in [5.41, 5.74) is 3.10. The Bertz CT molecular complexity index is 1740. The van der Waals surface area contributed by atoms with Crippen LogP contribution in [0.1, 0.15) is 37.4 Å². The van der Waals surface area contributed by atoms with Crippen molar-refractivity contribution in [2.45, 2.75) is 63.4 Å². The molecule has 0 saturated carbocycles. The standard InChI is InChI=1S/C35H38ClN7O3/c1-3-7-30-32(46-30)34(44)43-19-18-42(20-24(43)13-15-37)33-26-14-17-41(29-12-5-9-23-8-4-11-27(36)31(23)29)21-28(26)38-35(39-33)45-22-25-10-6-16-40(25)2/h4-5,8-9,11-12,24-25,30,32H,6,10,13-14,16-22H2,1-2H3/t24-,25-,30-,32+/m0/s1. The quantitative estimate of drug-likeness (QED) is 0.280. The van der Waals surface area contributed by atoms with Gasteiger partial charge in [-0.2, -0.15) is 15.2 Å². The number of nitrogens with zero attached hydrogens (tertiary/aromatic N) is 7. The van der Waals surface area contributed by atoms with Gasteiger partial charge in [-0.05, 0) is 57.3 Å². The first-order chi connectivity index (χ1) is 22.4. The minimum atomic E-state index is -0.547. The van der Waals surface area contributed by atoms with Crippen LogP contribution < -0.4 is 14.5 Å². The molecule has 2 aromatic carbocycles. The number of rotatable bonds is 7. The second-order valence-corrected chi connectivity index (χ2v) is 12.9. The summed E-state index contributed by atoms with van der Waals surface area (Å²) >= 11 is 6.72. The van der Waals surface area contributed by atoms with Crippen LogP contribution in [0.25, 0.3) is 10.8 Å². The van der Waals surface area contributed by atoms with E-state index in [1.807, 2.05) is 12.1 Å². The minimum absolute atomic E-state index is 0.0912. The topological polar surface area (TPSA) is 101 Å². The maximum atomic E-state index is 13.3. The van der Waals surface area contributed by atoms with Gasteiger partial charge in [0, 0.05) is 48.9 Å². The highest BCUT2D eigenvalue weighted by molar-refractivity contribution is 6.36. The number of carbonyl (C=O) groups is 1. The summed E-state index contributed by atoms with van der Waals surface area (Å²) in [5, 5.41) is 12.6. The molecule has 4 aliphatic heterocycles. The number of likely N-dealkylation sites (N-methyl/N-ethyl adjacent to an activating group) is 1. The second-order valence-electron chi connectivity index (χ2n) is 12.5. The third-order valence-corrected chi connectivity index (χ3v) is 10.0. The molecule has 10 nitrogen and oxygen atoms in total. The van der Waals surface area contributed by atoms with Crippen LogP contribution in [-0.2, 0) is 22.5 Å². The third-order valence-electron chi connectivity index (χ3n) is 9.69. The summed E-state index contributed by atoms with van der Waals surface area (Å²) < 4.78 is 11.9. The summed E-state index contributed by atoms with van der Waals surface area (Å²) in [6.45, 7) is 6.25. The van der Waals surface area contributed by atoms with E-state index >= 15 is 0 Å². The Morgan fingerprint density at radius 2 is 1.96 bits per heavy atom. The molecular weight excluding hydrogens is 602 g/mol. The lowest BCUT2D eigenvalue weighted by Gasteiger charge is -2.42. The monoisotopic (exact) mass is 639 g/mol. The first-order valence-electron chi connectivity index (χ1n) is 16.1. The fourth-order valence-electron chi connectivity index (χ4n) is 7.15. The molecule has 0 bridgehead atoms. The number of benzene rings is 2. The summed E-state index contributed by atoms with van der Waals surface area (Å²) in [5.74, 6) is 6.51. The number of piperazine rings is 1. The number of amides is 1. The van der Waals surface area contributed by atoms with E-state index in [4.69, 9.17) is 31.0 Å². The number of aromatic nitrogens is 2. The van der Waals surface area contributed by atoms with Crippen LogP contribution in [0, 0.1) is 23.2 Å². The number of hydrogen-bond acceptors (Lipinski definition) is 9. The van der Waals surface area contributed by atoms with E-state index in [1.165, 1.54) is 0 Å². The SMILES string of the molecule is CC#C[C@@H]1O[C@H]1C(=O)N1CCN(c2nc(OC[C@@H]3CCCN3C)nc3c2CCN(c2cccc4cccc(Cl)c24)C3)C[C@@H]1CC#N. The van der Waals surface area contributed by atoms with Gasteiger partial charge in [0.15, 0.2) is 12.2 Å². The Hall–Kier alpha value is -4.09. The van der Waals surface area contributed by atoms with Crippen molar-refractivity contribution < 1.29 is 14.3 Å². The van der Waals surface area contributed by atoms with Crippen LogP contribution in [0.2, 0.25) is 5.02 Å². The molecule has 1 amide bonds. The number of epoxide rings is 1. The van der Waals surface area contributed by atoms with Crippen LogP contribution in [0.3, 0.4) is 0 Å². The molecule has 0 unspecified atom stereocenters. The molecular formula is C35H38ClN7O3. The molecule has 4 aliphatic rings. The van der Waals surface area contributed by atoms with Crippen molar-refractivity contribution in [1.29, 1.82) is 5.26 Å². The van der Waals surface area contributed by atoms with Crippen molar-refractivity contribution >= 4 is 39.8 Å². The Labute approximate surface area is 274 Å². The zero-order chi connectivity index (χ0) is 31.8. The first-order valence-corrected chi connectivity index (χ1v) is 16.5. The molecule has 4 atom stereocenters. The number of ether oxygens (including phenoxy) is 2. The molecule has 46 heavy (non-hydrogen) atoms. The Morgan fingerprint density at radius 3 is 2.74 bits per heavy atom. The van der Waals surface area contributed by atoms with E-state index in [-0.39, 0.29) is 24.5 Å². The van der Waals surface area contributed by atoms with Gasteiger partial charge in [0.1, 0.15) is 12.4 Å². The molecule has 3 saturated heterocycles. The van der Waals surface area contributed by atoms with Crippen molar-refractivity contribution in [3.8, 4) is 23.9 Å². The molecule has 3 aromatic rings. The van der Waals surface area contributed by atoms with Gasteiger partial charge in [0.2, 0.25) is 0 Å². The lowest BCUT2D eigenvalue weighted by molar-refractivity contribution is -0.135. The predicted molar refractivity (Wildman–Crippen MR) is 177 cm³/mol. The van der Waals surface area contributed by atoms with E-state index < -0.39 is 6.10 Å². The number of fused-ring (bicyclic) bond motifs is 2. The summed E-state index contributed by atoms with van der Waals surface area (Å²) in [4.78, 5) is 32.0. The summed E-state index contributed by atoms with van der Waals surface area (Å²) in [7, 11) is 2.13. The normalized spacial score (nSPS) is 24.3. The molecule has 0 spiro atoms. The van der Waals surface area contributed by atoms with Crippen molar-refractivity contribution in [2.75, 3.05) is 56.2 Å². The van der Waals surface area contributed by atoms with E-state index in [9.17, 15) is 10.1 Å². The van der Waals surface area contributed by atoms with Crippen molar-refractivity contribution in [2.24, 2.45) is 0 Å². The third kappa shape index (κ3) is 5.93. The van der Waals surface area contributed by atoms with E-state index in [0.29, 0.717) is 44.8 Å². The average Bonchev–Trinajstić information content (AvgIpc) is 3.72. The lowest BCUT2D eigenvalue weighted by atomic mass is 10.0. The van der Waals surface area contributed by atoms with Gasteiger partial charge in [-0.15, -0.1) is 5.92 Å². The summed E-state index contributed by atoms with van der Waals surface area (Å²) in [6, 6.07) is 15.0. The molecule has 3 fully saturated rings. The first kappa shape index (κ1) is 30.6. The molecule has 0 N–H and O–H groups in total. The van der Waals surface area contributed by atoms with Crippen molar-refractivity contribution in [3.63, 3.8) is 0 Å². The fourth-order valence-corrected chi connectivity index (χ4v) is 7.43. The van der Waals surface area contributed by atoms with E-state index in [0.717, 1.165) is 70.9 Å². The maximum Gasteiger partial charge on any atom is 0.318 e. The second kappa shape index (κ2) is 13.0. The highest BCUT2D eigenvalue weighted by atomic mass is 35.5. The maximum absolute atomic E-state index is 13.3. The van der Waals surface area contributed by atoms with Gasteiger partial charge in [0.05, 0.1) is 35.8 Å². The van der Waals surface area contributed by atoms with Crippen LogP contribution in [0.15, 0.2) is 36.4 Å². The molecule has 7 rings (SSSR count). The highest BCUT2D eigenvalue weighted by Gasteiger charge is 2.48. The van der Waals surface area contributed by atoms with Gasteiger partial charge in [0.25, 0.3) is 5.91 Å². The summed E-state index contributed by atoms with van der Waals surface area (Å²) in [6.07, 6.45) is 2.31. The van der Waals surface area contributed by atoms with Gasteiger partial charge in [-0.25, -0.2) is 0 Å². The zero-order valence-corrected chi connectivity index (χ0v) is 27.0. The predicted octanol–water partition coefficient (Wildman–Crippen LogP) is 4.04. The number of nitriles is 1. The van der Waals surface area contributed by atoms with Gasteiger partial charge in [-0.1, -0.05) is 41.8 Å². The van der Waals surface area contributed by atoms with Gasteiger partial charge in [-0.3, -0.25) is 4.79 Å². The van der Waals surface area contributed by atoms with Gasteiger partial charge >= 0.3 is 6.01 Å². The van der Waals surface area contributed by atoms with Crippen LogP contribution >= 0.6 is 11.6 Å². The van der Waals surface area contributed by atoms with Crippen LogP contribution in [-0.4, -0.2) is 96.3 Å². The van der Waals surface area contributed by atoms with Crippen molar-refractivity contribution in [1.82, 2.24) is 19.8 Å². The molecule has 5 heterocycles. The average molecular weight is 640 g/mol. The highest BCUT2D eigenvalue weighted by Crippen LogP contribution is 2.37. The smallest absolute Gasteiger partial charge is 0.318 e. The van der Waals surface area contributed by atoms with Crippen molar-refractivity contribution in [3.05, 3.63) is 52.7 Å². The van der Waals surface area contributed by atoms with E-state index in [1.54, 1.807) is 11.8 Å². The number of hydrogen-bond donors (Lipinski definition) is 0. The largest absolute Gasteiger partial charge is 0.462 e. The fraction of sp³-hybridized carbons (Fsp3) is 0.486. The van der Waals surface area contributed by atoms with Crippen LogP contribution in [0.4, 0.5) is 11.5 Å². The number of carbonyl (C=O) groups excluding carboxylic acids is 1. The Balaban J connectivity index is 1.19. The zero-order valence-electron chi connectivity index (χ0n) is 26.3. The Kier molecular flexibility index (Phi) is 8.61. The van der Waals surface area contributed by atoms with E-state index in [2.05, 4.69) is 63.9 Å². The number of halogens is 1. The molecule has 1 aromatic heterocycles.